The molecule has 1 aromatic heterocycles. The molecule has 0 aliphatic heterocycles. The molecule has 0 saturated heterocycles. The highest BCUT2D eigenvalue weighted by Crippen LogP contribution is 2.32. The van der Waals surface area contributed by atoms with Crippen LogP contribution in [0.2, 0.25) is 0 Å². The van der Waals surface area contributed by atoms with Gasteiger partial charge in [0, 0.05) is 11.8 Å². The Kier molecular flexibility index (Phi) is 4.02. The second-order valence-corrected chi connectivity index (χ2v) is 4.56. The normalized spacial score (nSPS) is 10.3. The molecule has 4 N–H and O–H groups in total. The minimum Gasteiger partial charge on any atom is -0.493 e. The fraction of sp³-hybridized carbons (Fsp3) is 0.286. The minimum absolute atomic E-state index is 0.309. The van der Waals surface area contributed by atoms with E-state index >= 15 is 0 Å². The van der Waals surface area contributed by atoms with Gasteiger partial charge in [0.15, 0.2) is 11.5 Å². The van der Waals surface area contributed by atoms with Crippen molar-refractivity contribution >= 4 is 17.3 Å². The van der Waals surface area contributed by atoms with Crippen molar-refractivity contribution in [1.29, 1.82) is 0 Å². The molecule has 7 heteroatoms. The molecule has 1 heterocycles. The lowest BCUT2D eigenvalue weighted by atomic mass is 10.1. The first-order chi connectivity index (χ1) is 9.97. The van der Waals surface area contributed by atoms with E-state index in [0.29, 0.717) is 34.1 Å². The monoisotopic (exact) mass is 290 g/mol. The van der Waals surface area contributed by atoms with Crippen LogP contribution in [0.5, 0.6) is 11.5 Å². The predicted octanol–water partition coefficient (Wildman–Crippen LogP) is 1.88. The summed E-state index contributed by atoms with van der Waals surface area (Å²) in [5.74, 6) is 0.584. The number of hydrogen-bond acceptors (Lipinski definition) is 5. The van der Waals surface area contributed by atoms with Crippen molar-refractivity contribution in [2.45, 2.75) is 13.8 Å². The summed E-state index contributed by atoms with van der Waals surface area (Å²) in [5.41, 5.74) is 8.66. The van der Waals surface area contributed by atoms with Crippen LogP contribution in [0.4, 0.5) is 11.4 Å². The third-order valence-electron chi connectivity index (χ3n) is 3.17. The third kappa shape index (κ3) is 2.76. The quantitative estimate of drug-likeness (QED) is 0.746. The van der Waals surface area contributed by atoms with E-state index in [1.54, 1.807) is 19.1 Å². The van der Waals surface area contributed by atoms with Gasteiger partial charge in [0.1, 0.15) is 0 Å². The standard InChI is InChI=1S/C14H18N4O3/c1-7-13(8(2)18-17-7)16-14(19)9-5-11(20-3)12(21-4)6-10(9)15/h5-6H,15H2,1-4H3,(H,16,19)(H,17,18). The zero-order valence-corrected chi connectivity index (χ0v) is 12.4. The Morgan fingerprint density at radius 1 is 1.24 bits per heavy atom. The molecule has 0 fully saturated rings. The molecule has 1 aromatic carbocycles. The lowest BCUT2D eigenvalue weighted by Crippen LogP contribution is -2.15. The van der Waals surface area contributed by atoms with Gasteiger partial charge in [-0.1, -0.05) is 0 Å². The number of aromatic amines is 1. The SMILES string of the molecule is COc1cc(N)c(C(=O)Nc2c(C)n[nH]c2C)cc1OC. The molecular weight excluding hydrogens is 272 g/mol. The molecule has 0 unspecified atom stereocenters. The fourth-order valence-corrected chi connectivity index (χ4v) is 2.01. The van der Waals surface area contributed by atoms with Crippen LogP contribution in [0.15, 0.2) is 12.1 Å². The zero-order valence-electron chi connectivity index (χ0n) is 12.4. The number of nitrogens with two attached hydrogens (primary N) is 1. The number of nitrogens with one attached hydrogen (secondary N) is 2. The maximum Gasteiger partial charge on any atom is 0.257 e. The van der Waals surface area contributed by atoms with E-state index in [1.165, 1.54) is 14.2 Å². The van der Waals surface area contributed by atoms with Gasteiger partial charge in [-0.2, -0.15) is 5.10 Å². The number of anilines is 2. The number of H-pyrrole nitrogens is 1. The van der Waals surface area contributed by atoms with Crippen LogP contribution in [-0.2, 0) is 0 Å². The molecular formula is C14H18N4O3. The first-order valence-corrected chi connectivity index (χ1v) is 6.32. The Labute approximate surface area is 122 Å². The maximum atomic E-state index is 12.4. The minimum atomic E-state index is -0.332. The lowest BCUT2D eigenvalue weighted by molar-refractivity contribution is 0.102. The number of aromatic nitrogens is 2. The number of ether oxygens (including phenoxy) is 2. The molecule has 2 rings (SSSR count). The summed E-state index contributed by atoms with van der Waals surface area (Å²) >= 11 is 0. The van der Waals surface area contributed by atoms with E-state index in [-0.39, 0.29) is 5.91 Å². The van der Waals surface area contributed by atoms with E-state index < -0.39 is 0 Å². The second kappa shape index (κ2) is 5.74. The number of amides is 1. The first-order valence-electron chi connectivity index (χ1n) is 6.32. The lowest BCUT2D eigenvalue weighted by Gasteiger charge is -2.12. The van der Waals surface area contributed by atoms with Crippen molar-refractivity contribution in [1.82, 2.24) is 10.2 Å². The van der Waals surface area contributed by atoms with Crippen LogP contribution in [0.25, 0.3) is 0 Å². The largest absolute Gasteiger partial charge is 0.493 e. The molecule has 2 aromatic rings. The summed E-state index contributed by atoms with van der Waals surface area (Å²) in [6.45, 7) is 3.63. The van der Waals surface area contributed by atoms with Crippen molar-refractivity contribution in [2.75, 3.05) is 25.3 Å². The number of aryl methyl sites for hydroxylation is 2. The molecule has 0 atom stereocenters. The topological polar surface area (TPSA) is 102 Å². The van der Waals surface area contributed by atoms with Gasteiger partial charge >= 0.3 is 0 Å². The van der Waals surface area contributed by atoms with Gasteiger partial charge in [-0.15, -0.1) is 0 Å². The maximum absolute atomic E-state index is 12.4. The molecule has 0 aliphatic carbocycles. The number of nitrogen functional groups attached to an aromatic ring is 1. The van der Waals surface area contributed by atoms with Gasteiger partial charge in [-0.3, -0.25) is 9.89 Å². The first kappa shape index (κ1) is 14.7. The van der Waals surface area contributed by atoms with Gasteiger partial charge in [0.25, 0.3) is 5.91 Å². The number of nitrogens with zero attached hydrogens (tertiary/aromatic N) is 1. The summed E-state index contributed by atoms with van der Waals surface area (Å²) in [6.07, 6.45) is 0. The number of carbonyl (C=O) groups excluding carboxylic acids is 1. The number of hydrogen-bond donors (Lipinski definition) is 3. The Morgan fingerprint density at radius 2 is 1.86 bits per heavy atom. The van der Waals surface area contributed by atoms with Gasteiger partial charge in [0.2, 0.25) is 0 Å². The number of methoxy groups -OCH3 is 2. The van der Waals surface area contributed by atoms with Crippen molar-refractivity contribution in [3.8, 4) is 11.5 Å². The Hall–Kier alpha value is -2.70. The molecule has 1 amide bonds. The highest BCUT2D eigenvalue weighted by molar-refractivity contribution is 6.08. The van der Waals surface area contributed by atoms with Crippen molar-refractivity contribution < 1.29 is 14.3 Å². The molecule has 0 aliphatic rings. The number of benzene rings is 1. The number of carbonyl (C=O) groups is 1. The average Bonchev–Trinajstić information content (AvgIpc) is 2.78. The van der Waals surface area contributed by atoms with Crippen LogP contribution < -0.4 is 20.5 Å². The number of rotatable bonds is 4. The predicted molar refractivity (Wildman–Crippen MR) is 80.0 cm³/mol. The van der Waals surface area contributed by atoms with Crippen LogP contribution in [-0.4, -0.2) is 30.3 Å². The molecule has 112 valence electrons. The van der Waals surface area contributed by atoms with E-state index in [1.807, 2.05) is 6.92 Å². The Balaban J connectivity index is 2.35. The zero-order chi connectivity index (χ0) is 15.6. The van der Waals surface area contributed by atoms with Gasteiger partial charge in [-0.05, 0) is 19.9 Å². The Bertz CT molecular complexity index is 660. The summed E-state index contributed by atoms with van der Waals surface area (Å²) in [6, 6.07) is 3.11. The van der Waals surface area contributed by atoms with Gasteiger partial charge in [-0.25, -0.2) is 0 Å². The van der Waals surface area contributed by atoms with Crippen LogP contribution >= 0.6 is 0 Å². The molecule has 0 spiro atoms. The third-order valence-corrected chi connectivity index (χ3v) is 3.17. The average molecular weight is 290 g/mol. The van der Waals surface area contributed by atoms with E-state index in [2.05, 4.69) is 15.5 Å². The van der Waals surface area contributed by atoms with Crippen molar-refractivity contribution in [3.05, 3.63) is 29.1 Å². The molecule has 0 bridgehead atoms. The summed E-state index contributed by atoms with van der Waals surface area (Å²) < 4.78 is 10.3. The highest BCUT2D eigenvalue weighted by atomic mass is 16.5. The summed E-state index contributed by atoms with van der Waals surface area (Å²) in [5, 5.41) is 9.63. The van der Waals surface area contributed by atoms with Gasteiger partial charge in [0.05, 0.1) is 36.9 Å². The van der Waals surface area contributed by atoms with Crippen LogP contribution in [0.3, 0.4) is 0 Å². The molecule has 21 heavy (non-hydrogen) atoms. The van der Waals surface area contributed by atoms with E-state index in [0.717, 1.165) is 5.69 Å². The van der Waals surface area contributed by atoms with Crippen molar-refractivity contribution in [3.63, 3.8) is 0 Å². The molecule has 0 radical (unpaired) electrons. The van der Waals surface area contributed by atoms with E-state index in [9.17, 15) is 4.79 Å². The van der Waals surface area contributed by atoms with Crippen LogP contribution in [0.1, 0.15) is 21.7 Å². The summed E-state index contributed by atoms with van der Waals surface area (Å²) in [7, 11) is 3.01. The Morgan fingerprint density at radius 3 is 2.38 bits per heavy atom. The van der Waals surface area contributed by atoms with Crippen LogP contribution in [0, 0.1) is 13.8 Å². The smallest absolute Gasteiger partial charge is 0.257 e. The molecule has 0 saturated carbocycles. The van der Waals surface area contributed by atoms with Gasteiger partial charge < -0.3 is 20.5 Å². The van der Waals surface area contributed by atoms with E-state index in [4.69, 9.17) is 15.2 Å². The fourth-order valence-electron chi connectivity index (χ4n) is 2.01. The molecule has 7 nitrogen and oxygen atoms in total. The summed E-state index contributed by atoms with van der Waals surface area (Å²) in [4.78, 5) is 12.4. The van der Waals surface area contributed by atoms with Crippen molar-refractivity contribution in [2.24, 2.45) is 0 Å². The second-order valence-electron chi connectivity index (χ2n) is 4.56. The highest BCUT2D eigenvalue weighted by Gasteiger charge is 2.17.